The van der Waals surface area contributed by atoms with Crippen molar-refractivity contribution in [2.75, 3.05) is 6.54 Å². The predicted octanol–water partition coefficient (Wildman–Crippen LogP) is 3.41. The lowest BCUT2D eigenvalue weighted by molar-refractivity contribution is -0.0168. The Morgan fingerprint density at radius 2 is 1.70 bits per heavy atom. The standard InChI is InChI=1S/C23H34N4O3/c1-22(2,3)30-21(29)27-6-5-18-17(13-27)19(25-26(18)4)20(28)24-23-10-14-7-15(11-23)9-16(8-14)12-23/h14-16H,5-13H2,1-4H3,(H,24,28). The highest BCUT2D eigenvalue weighted by Crippen LogP contribution is 2.55. The zero-order valence-electron chi connectivity index (χ0n) is 18.7. The molecule has 4 fully saturated rings. The van der Waals surface area contributed by atoms with Crippen molar-refractivity contribution in [2.45, 2.75) is 83.4 Å². The third kappa shape index (κ3) is 3.50. The molecule has 0 unspecified atom stereocenters. The number of amides is 2. The summed E-state index contributed by atoms with van der Waals surface area (Å²) < 4.78 is 7.37. The number of rotatable bonds is 2. The van der Waals surface area contributed by atoms with Crippen molar-refractivity contribution in [1.29, 1.82) is 0 Å². The van der Waals surface area contributed by atoms with E-state index in [1.54, 1.807) is 4.90 Å². The van der Waals surface area contributed by atoms with Crippen molar-refractivity contribution in [1.82, 2.24) is 20.0 Å². The lowest BCUT2D eigenvalue weighted by Crippen LogP contribution is -2.60. The summed E-state index contributed by atoms with van der Waals surface area (Å²) in [5, 5.41) is 8.02. The van der Waals surface area contributed by atoms with Crippen molar-refractivity contribution in [2.24, 2.45) is 24.8 Å². The summed E-state index contributed by atoms with van der Waals surface area (Å²) >= 11 is 0. The predicted molar refractivity (Wildman–Crippen MR) is 112 cm³/mol. The number of carbonyl (C=O) groups excluding carboxylic acids is 2. The Hall–Kier alpha value is -2.05. The van der Waals surface area contributed by atoms with E-state index in [9.17, 15) is 9.59 Å². The van der Waals surface area contributed by atoms with Crippen molar-refractivity contribution in [3.05, 3.63) is 17.0 Å². The number of fused-ring (bicyclic) bond motifs is 1. The van der Waals surface area contributed by atoms with E-state index in [0.717, 1.165) is 48.3 Å². The van der Waals surface area contributed by atoms with E-state index in [-0.39, 0.29) is 17.5 Å². The highest BCUT2D eigenvalue weighted by molar-refractivity contribution is 5.94. The van der Waals surface area contributed by atoms with Crippen LogP contribution < -0.4 is 5.32 Å². The number of nitrogens with zero attached hydrogens (tertiary/aromatic N) is 3. The van der Waals surface area contributed by atoms with E-state index in [4.69, 9.17) is 4.74 Å². The van der Waals surface area contributed by atoms with Gasteiger partial charge in [0.25, 0.3) is 5.91 Å². The van der Waals surface area contributed by atoms with Gasteiger partial charge in [0.15, 0.2) is 5.69 Å². The Kier molecular flexibility index (Phi) is 4.46. The van der Waals surface area contributed by atoms with E-state index >= 15 is 0 Å². The number of carbonyl (C=O) groups is 2. The minimum absolute atomic E-state index is 0.0459. The van der Waals surface area contributed by atoms with Crippen LogP contribution in [0.25, 0.3) is 0 Å². The van der Waals surface area contributed by atoms with Crippen LogP contribution in [-0.4, -0.2) is 44.4 Å². The molecule has 7 heteroatoms. The molecule has 5 aliphatic rings. The molecule has 2 heterocycles. The summed E-state index contributed by atoms with van der Waals surface area (Å²) in [4.78, 5) is 27.7. The minimum Gasteiger partial charge on any atom is -0.444 e. The number of hydrogen-bond donors (Lipinski definition) is 1. The van der Waals surface area contributed by atoms with Crippen LogP contribution in [0.5, 0.6) is 0 Å². The van der Waals surface area contributed by atoms with Crippen molar-refractivity contribution >= 4 is 12.0 Å². The van der Waals surface area contributed by atoms with Crippen LogP contribution in [0.15, 0.2) is 0 Å². The molecule has 4 aliphatic carbocycles. The van der Waals surface area contributed by atoms with Gasteiger partial charge in [-0.2, -0.15) is 5.10 Å². The number of hydrogen-bond acceptors (Lipinski definition) is 4. The van der Waals surface area contributed by atoms with Crippen LogP contribution in [0, 0.1) is 17.8 Å². The average Bonchev–Trinajstić information content (AvgIpc) is 2.95. The van der Waals surface area contributed by atoms with Crippen LogP contribution in [-0.2, 0) is 24.8 Å². The van der Waals surface area contributed by atoms with E-state index in [2.05, 4.69) is 10.4 Å². The summed E-state index contributed by atoms with van der Waals surface area (Å²) in [5.41, 5.74) is 1.82. The van der Waals surface area contributed by atoms with Gasteiger partial charge in [-0.15, -0.1) is 0 Å². The van der Waals surface area contributed by atoms with Gasteiger partial charge in [-0.1, -0.05) is 0 Å². The maximum Gasteiger partial charge on any atom is 0.410 e. The largest absolute Gasteiger partial charge is 0.444 e. The van der Waals surface area contributed by atoms with Gasteiger partial charge < -0.3 is 15.0 Å². The molecule has 0 radical (unpaired) electrons. The Morgan fingerprint density at radius 1 is 1.10 bits per heavy atom. The zero-order chi connectivity index (χ0) is 21.3. The van der Waals surface area contributed by atoms with Crippen LogP contribution in [0.2, 0.25) is 0 Å². The summed E-state index contributed by atoms with van der Waals surface area (Å²) in [7, 11) is 1.89. The first kappa shape index (κ1) is 19.9. The number of aromatic nitrogens is 2. The van der Waals surface area contributed by atoms with E-state index < -0.39 is 5.60 Å². The fraction of sp³-hybridized carbons (Fsp3) is 0.783. The molecule has 0 aromatic carbocycles. The van der Waals surface area contributed by atoms with Crippen LogP contribution in [0.1, 0.15) is 81.0 Å². The van der Waals surface area contributed by atoms with E-state index in [1.165, 1.54) is 19.3 Å². The normalized spacial score (nSPS) is 32.1. The zero-order valence-corrected chi connectivity index (χ0v) is 18.7. The molecule has 30 heavy (non-hydrogen) atoms. The molecular formula is C23H34N4O3. The Labute approximate surface area is 178 Å². The number of nitrogens with one attached hydrogen (secondary N) is 1. The lowest BCUT2D eigenvalue weighted by atomic mass is 9.53. The van der Waals surface area contributed by atoms with Gasteiger partial charge in [-0.3, -0.25) is 9.48 Å². The Balaban J connectivity index is 1.35. The third-order valence-electron chi connectivity index (χ3n) is 7.53. The molecule has 0 atom stereocenters. The summed E-state index contributed by atoms with van der Waals surface area (Å²) in [6.07, 6.45) is 7.74. The quantitative estimate of drug-likeness (QED) is 0.805. The maximum absolute atomic E-state index is 13.4. The van der Waals surface area contributed by atoms with Gasteiger partial charge in [-0.25, -0.2) is 4.79 Å². The van der Waals surface area contributed by atoms with Gasteiger partial charge in [0.05, 0.1) is 6.54 Å². The molecule has 0 spiro atoms. The first-order valence-electron chi connectivity index (χ1n) is 11.5. The fourth-order valence-corrected chi connectivity index (χ4v) is 6.82. The van der Waals surface area contributed by atoms with E-state index in [1.807, 2.05) is 32.5 Å². The first-order valence-corrected chi connectivity index (χ1v) is 11.5. The molecule has 0 saturated heterocycles. The first-order chi connectivity index (χ1) is 14.1. The fourth-order valence-electron chi connectivity index (χ4n) is 6.82. The summed E-state index contributed by atoms with van der Waals surface area (Å²) in [6.45, 7) is 6.57. The average molecular weight is 415 g/mol. The molecule has 4 bridgehead atoms. The smallest absolute Gasteiger partial charge is 0.410 e. The SMILES string of the molecule is Cn1nc(C(=O)NC23CC4CC(CC(C4)C2)C3)c2c1CCN(C(=O)OC(C)(C)C)C2. The molecule has 1 aromatic rings. The van der Waals surface area contributed by atoms with Crippen LogP contribution in [0.4, 0.5) is 4.79 Å². The lowest BCUT2D eigenvalue weighted by Gasteiger charge is -2.56. The molecule has 164 valence electrons. The van der Waals surface area contributed by atoms with Crippen molar-refractivity contribution in [3.8, 4) is 0 Å². The Bertz CT molecular complexity index is 846. The van der Waals surface area contributed by atoms with Gasteiger partial charge in [0.1, 0.15) is 5.60 Å². The van der Waals surface area contributed by atoms with Crippen molar-refractivity contribution in [3.63, 3.8) is 0 Å². The highest BCUT2D eigenvalue weighted by Gasteiger charge is 2.52. The Morgan fingerprint density at radius 3 is 2.27 bits per heavy atom. The van der Waals surface area contributed by atoms with Crippen LogP contribution >= 0.6 is 0 Å². The van der Waals surface area contributed by atoms with Crippen LogP contribution in [0.3, 0.4) is 0 Å². The van der Waals surface area contributed by atoms with Crippen molar-refractivity contribution < 1.29 is 14.3 Å². The number of aryl methyl sites for hydroxylation is 1. The van der Waals surface area contributed by atoms with Gasteiger partial charge in [0.2, 0.25) is 0 Å². The van der Waals surface area contributed by atoms with E-state index in [0.29, 0.717) is 25.2 Å². The second-order valence-corrected chi connectivity index (χ2v) is 11.2. The monoisotopic (exact) mass is 414 g/mol. The van der Waals surface area contributed by atoms with Gasteiger partial charge >= 0.3 is 6.09 Å². The second kappa shape index (κ2) is 6.72. The minimum atomic E-state index is -0.537. The summed E-state index contributed by atoms with van der Waals surface area (Å²) in [6, 6.07) is 0. The molecule has 2 amide bonds. The molecule has 1 aliphatic heterocycles. The maximum atomic E-state index is 13.4. The number of ether oxygens (including phenoxy) is 1. The molecule has 1 aromatic heterocycles. The van der Waals surface area contributed by atoms with Gasteiger partial charge in [0, 0.05) is 36.8 Å². The highest BCUT2D eigenvalue weighted by atomic mass is 16.6. The second-order valence-electron chi connectivity index (χ2n) is 11.2. The molecular weight excluding hydrogens is 380 g/mol. The molecule has 7 nitrogen and oxygen atoms in total. The summed E-state index contributed by atoms with van der Waals surface area (Å²) in [5.74, 6) is 2.26. The molecule has 1 N–H and O–H groups in total. The molecule has 4 saturated carbocycles. The molecule has 6 rings (SSSR count). The topological polar surface area (TPSA) is 76.5 Å². The third-order valence-corrected chi connectivity index (χ3v) is 7.53. The van der Waals surface area contributed by atoms with Gasteiger partial charge in [-0.05, 0) is 77.0 Å².